The minimum absolute atomic E-state index is 0.274. The second-order valence-corrected chi connectivity index (χ2v) is 8.34. The van der Waals surface area contributed by atoms with Crippen LogP contribution in [0.4, 0.5) is 11.4 Å². The highest BCUT2D eigenvalue weighted by atomic mass is 79.9. The average Bonchev–Trinajstić information content (AvgIpc) is 3.31. The first-order valence-corrected chi connectivity index (χ1v) is 10.7. The Morgan fingerprint density at radius 2 is 1.61 bits per heavy atom. The topological polar surface area (TPSA) is 59.1 Å². The zero-order valence-electron chi connectivity index (χ0n) is 16.6. The number of amides is 2. The lowest BCUT2D eigenvalue weighted by Gasteiger charge is -2.28. The van der Waals surface area contributed by atoms with Crippen molar-refractivity contribution in [3.63, 3.8) is 0 Å². The number of fused-ring (bicyclic) bond motifs is 1. The van der Waals surface area contributed by atoms with Crippen LogP contribution in [0.3, 0.4) is 0 Å². The van der Waals surface area contributed by atoms with Crippen LogP contribution in [0.25, 0.3) is 0 Å². The number of imide groups is 1. The summed E-state index contributed by atoms with van der Waals surface area (Å²) in [5.41, 5.74) is 2.19. The molecule has 0 aliphatic carbocycles. The molecule has 156 valence electrons. The van der Waals surface area contributed by atoms with Gasteiger partial charge in [0.15, 0.2) is 6.10 Å². The number of nitrogens with zero attached hydrogens (tertiary/aromatic N) is 2. The predicted octanol–water partition coefficient (Wildman–Crippen LogP) is 4.51. The van der Waals surface area contributed by atoms with Gasteiger partial charge in [0.2, 0.25) is 5.91 Å². The van der Waals surface area contributed by atoms with Crippen LogP contribution in [0.15, 0.2) is 83.3 Å². The van der Waals surface area contributed by atoms with E-state index in [1.54, 1.807) is 36.4 Å². The minimum atomic E-state index is -0.890. The number of rotatable bonds is 4. The Kier molecular flexibility index (Phi) is 5.00. The summed E-state index contributed by atoms with van der Waals surface area (Å²) in [5, 5.41) is 1.69. The maximum absolute atomic E-state index is 13.6. The second kappa shape index (κ2) is 7.83. The third kappa shape index (κ3) is 3.30. The molecule has 31 heavy (non-hydrogen) atoms. The Morgan fingerprint density at radius 3 is 2.29 bits per heavy atom. The number of carbonyl (C=O) groups excluding carboxylic acids is 2. The van der Waals surface area contributed by atoms with Crippen molar-refractivity contribution in [1.29, 1.82) is 0 Å². The van der Waals surface area contributed by atoms with Crippen LogP contribution in [0, 0.1) is 5.92 Å². The van der Waals surface area contributed by atoms with Gasteiger partial charge in [-0.05, 0) is 54.1 Å². The number of methoxy groups -OCH3 is 1. The monoisotopic (exact) mass is 478 g/mol. The van der Waals surface area contributed by atoms with Gasteiger partial charge >= 0.3 is 0 Å². The Hall–Kier alpha value is -3.16. The molecule has 0 saturated carbocycles. The van der Waals surface area contributed by atoms with Gasteiger partial charge in [-0.15, -0.1) is 0 Å². The molecular weight excluding hydrogens is 460 g/mol. The summed E-state index contributed by atoms with van der Waals surface area (Å²) in [6.45, 7) is 0. The van der Waals surface area contributed by atoms with Crippen molar-refractivity contribution >= 4 is 39.1 Å². The summed E-state index contributed by atoms with van der Waals surface area (Å²) in [6, 6.07) is 23.7. The molecule has 2 aliphatic heterocycles. The minimum Gasteiger partial charge on any atom is -0.497 e. The molecule has 5 rings (SSSR count). The summed E-state index contributed by atoms with van der Waals surface area (Å²) in [6.07, 6.45) is -0.890. The molecule has 0 spiro atoms. The van der Waals surface area contributed by atoms with Crippen LogP contribution in [0.2, 0.25) is 0 Å². The highest BCUT2D eigenvalue weighted by molar-refractivity contribution is 9.10. The number of para-hydroxylation sites is 1. The number of anilines is 2. The summed E-state index contributed by atoms with van der Waals surface area (Å²) < 4.78 is 6.08. The number of hydrogen-bond acceptors (Lipinski definition) is 5. The van der Waals surface area contributed by atoms with Gasteiger partial charge in [0, 0.05) is 4.47 Å². The second-order valence-electron chi connectivity index (χ2n) is 7.42. The number of carbonyl (C=O) groups is 2. The molecule has 2 aliphatic rings. The fraction of sp³-hybridized carbons (Fsp3) is 0.167. The third-order valence-corrected chi connectivity index (χ3v) is 6.14. The van der Waals surface area contributed by atoms with Gasteiger partial charge in [0.25, 0.3) is 5.91 Å². The first-order valence-electron chi connectivity index (χ1n) is 9.87. The number of ether oxygens (including phenoxy) is 1. The zero-order chi connectivity index (χ0) is 21.5. The predicted molar refractivity (Wildman–Crippen MR) is 120 cm³/mol. The molecule has 2 amide bonds. The quantitative estimate of drug-likeness (QED) is 0.516. The van der Waals surface area contributed by atoms with Crippen LogP contribution >= 0.6 is 15.9 Å². The Bertz CT molecular complexity index is 1140. The van der Waals surface area contributed by atoms with Crippen molar-refractivity contribution < 1.29 is 19.2 Å². The molecule has 0 unspecified atom stereocenters. The number of hydroxylamine groups is 1. The van der Waals surface area contributed by atoms with E-state index in [4.69, 9.17) is 9.57 Å². The summed E-state index contributed by atoms with van der Waals surface area (Å²) in [5.74, 6) is -0.646. The SMILES string of the molecule is COc1ccc(N2C(=O)[C@H]3[C@H](ON(c4ccccc4)[C@H]3c3cccc(Br)c3)C2=O)cc1. The van der Waals surface area contributed by atoms with Gasteiger partial charge < -0.3 is 4.74 Å². The third-order valence-electron chi connectivity index (χ3n) is 5.65. The zero-order valence-corrected chi connectivity index (χ0v) is 18.2. The molecule has 0 bridgehead atoms. The van der Waals surface area contributed by atoms with Crippen LogP contribution in [0.5, 0.6) is 5.75 Å². The maximum Gasteiger partial charge on any atom is 0.266 e. The summed E-state index contributed by atoms with van der Waals surface area (Å²) in [4.78, 5) is 34.2. The Balaban J connectivity index is 1.57. The molecule has 7 heteroatoms. The van der Waals surface area contributed by atoms with E-state index in [9.17, 15) is 9.59 Å². The molecule has 6 nitrogen and oxygen atoms in total. The van der Waals surface area contributed by atoms with E-state index < -0.39 is 18.1 Å². The first-order chi connectivity index (χ1) is 15.1. The van der Waals surface area contributed by atoms with E-state index in [2.05, 4.69) is 15.9 Å². The van der Waals surface area contributed by atoms with Gasteiger partial charge in [0.05, 0.1) is 24.5 Å². The molecule has 3 atom stereocenters. The Labute approximate surface area is 188 Å². The fourth-order valence-electron chi connectivity index (χ4n) is 4.23. The lowest BCUT2D eigenvalue weighted by molar-refractivity contribution is -0.126. The van der Waals surface area contributed by atoms with Crippen molar-refractivity contribution in [2.45, 2.75) is 12.1 Å². The van der Waals surface area contributed by atoms with E-state index in [0.717, 1.165) is 15.7 Å². The normalized spacial score (nSPS) is 22.7. The molecule has 0 N–H and O–H groups in total. The molecule has 2 saturated heterocycles. The first kappa shape index (κ1) is 19.8. The molecular formula is C24H19BrN2O4. The van der Waals surface area contributed by atoms with Crippen LogP contribution in [-0.2, 0) is 14.4 Å². The van der Waals surface area contributed by atoms with Crippen molar-refractivity contribution in [2.24, 2.45) is 5.92 Å². The summed E-state index contributed by atoms with van der Waals surface area (Å²) in [7, 11) is 1.57. The van der Waals surface area contributed by atoms with Crippen LogP contribution < -0.4 is 14.7 Å². The standard InChI is InChI=1S/C24H19BrN2O4/c1-30-19-12-10-17(11-13-19)26-23(28)20-21(15-6-5-7-16(25)14-15)27(31-22(20)24(26)29)18-8-3-2-4-9-18/h2-14,20-22H,1H3/t20-,21+,22+/m1/s1. The molecule has 0 aromatic heterocycles. The van der Waals surface area contributed by atoms with Gasteiger partial charge in [-0.25, -0.2) is 9.96 Å². The van der Waals surface area contributed by atoms with Crippen molar-refractivity contribution in [2.75, 3.05) is 17.1 Å². The van der Waals surface area contributed by atoms with Crippen molar-refractivity contribution in [1.82, 2.24) is 0 Å². The molecule has 3 aromatic rings. The highest BCUT2D eigenvalue weighted by Gasteiger charge is 2.60. The van der Waals surface area contributed by atoms with Gasteiger partial charge in [0.1, 0.15) is 11.7 Å². The van der Waals surface area contributed by atoms with E-state index in [0.29, 0.717) is 11.4 Å². The van der Waals surface area contributed by atoms with Crippen LogP contribution in [-0.4, -0.2) is 25.0 Å². The van der Waals surface area contributed by atoms with Gasteiger partial charge in [-0.2, -0.15) is 0 Å². The maximum atomic E-state index is 13.6. The average molecular weight is 479 g/mol. The van der Waals surface area contributed by atoms with Gasteiger partial charge in [-0.3, -0.25) is 14.4 Å². The molecule has 3 aromatic carbocycles. The number of benzene rings is 3. The molecule has 2 fully saturated rings. The van der Waals surface area contributed by atoms with E-state index in [1.807, 2.05) is 54.6 Å². The number of halogens is 1. The molecule has 2 heterocycles. The van der Waals surface area contributed by atoms with E-state index in [-0.39, 0.29) is 11.8 Å². The fourth-order valence-corrected chi connectivity index (χ4v) is 4.65. The molecule has 0 radical (unpaired) electrons. The van der Waals surface area contributed by atoms with Gasteiger partial charge in [-0.1, -0.05) is 46.3 Å². The number of hydrogen-bond donors (Lipinski definition) is 0. The Morgan fingerprint density at radius 1 is 0.871 bits per heavy atom. The van der Waals surface area contributed by atoms with E-state index in [1.165, 1.54) is 4.90 Å². The highest BCUT2D eigenvalue weighted by Crippen LogP contribution is 2.47. The van der Waals surface area contributed by atoms with Crippen LogP contribution in [0.1, 0.15) is 11.6 Å². The van der Waals surface area contributed by atoms with E-state index >= 15 is 0 Å². The smallest absolute Gasteiger partial charge is 0.266 e. The summed E-state index contributed by atoms with van der Waals surface area (Å²) >= 11 is 3.51. The lowest BCUT2D eigenvalue weighted by Crippen LogP contribution is -2.37. The lowest BCUT2D eigenvalue weighted by atomic mass is 9.90. The van der Waals surface area contributed by atoms with Crippen molar-refractivity contribution in [3.8, 4) is 5.75 Å². The largest absolute Gasteiger partial charge is 0.497 e. The van der Waals surface area contributed by atoms with Crippen molar-refractivity contribution in [3.05, 3.63) is 88.9 Å².